The van der Waals surface area contributed by atoms with E-state index in [1.54, 1.807) is 0 Å². The molecule has 0 spiro atoms. The van der Waals surface area contributed by atoms with E-state index in [1.807, 2.05) is 67.6 Å². The lowest BCUT2D eigenvalue weighted by Gasteiger charge is -2.20. The van der Waals surface area contributed by atoms with E-state index in [4.69, 9.17) is 0 Å². The molecular formula is C23H24N4. The smallest absolute Gasteiger partial charge is 0.0911 e. The Bertz CT molecular complexity index is 882. The van der Waals surface area contributed by atoms with Crippen LogP contribution in [0.3, 0.4) is 0 Å². The molecule has 0 amide bonds. The molecule has 0 heterocycles. The molecule has 3 rings (SSSR count). The minimum absolute atomic E-state index is 0.0261. The zero-order valence-electron chi connectivity index (χ0n) is 16.2. The summed E-state index contributed by atoms with van der Waals surface area (Å²) in [5.74, 6) is 0. The van der Waals surface area contributed by atoms with Crippen LogP contribution in [0, 0.1) is 6.92 Å². The lowest BCUT2D eigenvalue weighted by atomic mass is 9.86. The second kappa shape index (κ2) is 8.04. The predicted molar refractivity (Wildman–Crippen MR) is 111 cm³/mol. The van der Waals surface area contributed by atoms with Crippen molar-refractivity contribution in [1.82, 2.24) is 0 Å². The molecule has 27 heavy (non-hydrogen) atoms. The molecule has 0 bridgehead atoms. The van der Waals surface area contributed by atoms with E-state index >= 15 is 0 Å². The van der Waals surface area contributed by atoms with Gasteiger partial charge in [0.05, 0.1) is 22.7 Å². The fourth-order valence-electron chi connectivity index (χ4n) is 2.54. The van der Waals surface area contributed by atoms with Gasteiger partial charge in [0.1, 0.15) is 0 Å². The van der Waals surface area contributed by atoms with E-state index in [1.165, 1.54) is 0 Å². The SMILES string of the molecule is Cc1c(N=Nc2ccccc2)cc(C(C)(C)C)cc1N=Nc1ccccc1. The van der Waals surface area contributed by atoms with Crippen molar-refractivity contribution in [2.24, 2.45) is 20.5 Å². The van der Waals surface area contributed by atoms with Gasteiger partial charge in [-0.05, 0) is 54.3 Å². The minimum Gasteiger partial charge on any atom is -0.151 e. The van der Waals surface area contributed by atoms with E-state index in [-0.39, 0.29) is 5.41 Å². The number of hydrogen-bond acceptors (Lipinski definition) is 4. The summed E-state index contributed by atoms with van der Waals surface area (Å²) in [7, 11) is 0. The maximum Gasteiger partial charge on any atom is 0.0911 e. The van der Waals surface area contributed by atoms with Gasteiger partial charge in [0, 0.05) is 5.56 Å². The number of azo groups is 2. The van der Waals surface area contributed by atoms with Gasteiger partial charge in [-0.1, -0.05) is 57.2 Å². The highest BCUT2D eigenvalue weighted by Crippen LogP contribution is 2.36. The van der Waals surface area contributed by atoms with Gasteiger partial charge in [-0.15, -0.1) is 0 Å². The molecule has 3 aromatic carbocycles. The molecule has 0 saturated carbocycles. The largest absolute Gasteiger partial charge is 0.151 e. The van der Waals surface area contributed by atoms with Crippen molar-refractivity contribution < 1.29 is 0 Å². The molecule has 3 aromatic rings. The first-order valence-corrected chi connectivity index (χ1v) is 9.02. The Labute approximate surface area is 160 Å². The summed E-state index contributed by atoms with van der Waals surface area (Å²) >= 11 is 0. The molecule has 136 valence electrons. The van der Waals surface area contributed by atoms with Crippen molar-refractivity contribution in [2.75, 3.05) is 0 Å². The second-order valence-corrected chi connectivity index (χ2v) is 7.46. The van der Waals surface area contributed by atoms with Gasteiger partial charge in [-0.25, -0.2) is 0 Å². The Morgan fingerprint density at radius 2 is 1.00 bits per heavy atom. The molecule has 4 nitrogen and oxygen atoms in total. The molecule has 0 saturated heterocycles. The molecule has 0 aliphatic carbocycles. The molecule has 0 fully saturated rings. The average molecular weight is 356 g/mol. The van der Waals surface area contributed by atoms with E-state index < -0.39 is 0 Å². The van der Waals surface area contributed by atoms with Gasteiger partial charge in [0.2, 0.25) is 0 Å². The number of hydrogen-bond donors (Lipinski definition) is 0. The summed E-state index contributed by atoms with van der Waals surface area (Å²) in [6, 6.07) is 23.6. The van der Waals surface area contributed by atoms with Crippen molar-refractivity contribution >= 4 is 22.7 Å². The fraction of sp³-hybridized carbons (Fsp3) is 0.217. The topological polar surface area (TPSA) is 49.4 Å². The molecule has 4 heteroatoms. The highest BCUT2D eigenvalue weighted by atomic mass is 15.1. The van der Waals surface area contributed by atoms with Crippen LogP contribution in [0.4, 0.5) is 22.7 Å². The normalized spacial score (nSPS) is 12.1. The molecule has 0 radical (unpaired) electrons. The Hall–Kier alpha value is -3.14. The Morgan fingerprint density at radius 1 is 0.593 bits per heavy atom. The van der Waals surface area contributed by atoms with Gasteiger partial charge in [0.25, 0.3) is 0 Å². The third-order valence-corrected chi connectivity index (χ3v) is 4.28. The van der Waals surface area contributed by atoms with Crippen LogP contribution in [0.5, 0.6) is 0 Å². The zero-order chi connectivity index (χ0) is 19.3. The van der Waals surface area contributed by atoms with Gasteiger partial charge in [-0.2, -0.15) is 20.5 Å². The highest BCUT2D eigenvalue weighted by molar-refractivity contribution is 5.62. The zero-order valence-corrected chi connectivity index (χ0v) is 16.2. The van der Waals surface area contributed by atoms with Gasteiger partial charge < -0.3 is 0 Å². The highest BCUT2D eigenvalue weighted by Gasteiger charge is 2.17. The summed E-state index contributed by atoms with van der Waals surface area (Å²) in [5.41, 5.74) is 5.36. The molecule has 0 aromatic heterocycles. The van der Waals surface area contributed by atoms with Crippen LogP contribution in [0.15, 0.2) is 93.3 Å². The molecule has 0 unspecified atom stereocenters. The van der Waals surface area contributed by atoms with Crippen LogP contribution in [-0.2, 0) is 5.41 Å². The lowest BCUT2D eigenvalue weighted by Crippen LogP contribution is -2.10. The van der Waals surface area contributed by atoms with Crippen LogP contribution in [0.25, 0.3) is 0 Å². The predicted octanol–water partition coefficient (Wildman–Crippen LogP) is 8.12. The first kappa shape index (κ1) is 18.6. The molecule has 0 N–H and O–H groups in total. The van der Waals surface area contributed by atoms with Crippen molar-refractivity contribution in [3.05, 3.63) is 83.9 Å². The standard InChI is InChI=1S/C23H24N4/c1-17-21(26-24-19-11-7-5-8-12-19)15-18(23(2,3)4)16-22(17)27-25-20-13-9-6-10-14-20/h5-16H,1-4H3. The number of nitrogens with zero attached hydrogens (tertiary/aromatic N) is 4. The summed E-state index contributed by atoms with van der Waals surface area (Å²) in [4.78, 5) is 0. The third-order valence-electron chi connectivity index (χ3n) is 4.28. The van der Waals surface area contributed by atoms with E-state index in [9.17, 15) is 0 Å². The first-order chi connectivity index (χ1) is 12.9. The average Bonchev–Trinajstić information content (AvgIpc) is 2.67. The van der Waals surface area contributed by atoms with Crippen molar-refractivity contribution in [1.29, 1.82) is 0 Å². The van der Waals surface area contributed by atoms with Gasteiger partial charge in [0.15, 0.2) is 0 Å². The second-order valence-electron chi connectivity index (χ2n) is 7.46. The maximum atomic E-state index is 4.49. The van der Waals surface area contributed by atoms with Crippen LogP contribution in [0.1, 0.15) is 31.9 Å². The summed E-state index contributed by atoms with van der Waals surface area (Å²) in [5, 5.41) is 17.7. The summed E-state index contributed by atoms with van der Waals surface area (Å²) < 4.78 is 0. The van der Waals surface area contributed by atoms with Crippen LogP contribution in [0.2, 0.25) is 0 Å². The molecule has 0 aliphatic heterocycles. The Balaban J connectivity index is 2.02. The minimum atomic E-state index is -0.0261. The van der Waals surface area contributed by atoms with Crippen LogP contribution >= 0.6 is 0 Å². The van der Waals surface area contributed by atoms with E-state index in [0.29, 0.717) is 0 Å². The number of rotatable bonds is 4. The molecular weight excluding hydrogens is 332 g/mol. The first-order valence-electron chi connectivity index (χ1n) is 9.02. The van der Waals surface area contributed by atoms with E-state index in [2.05, 4.69) is 53.4 Å². The van der Waals surface area contributed by atoms with Gasteiger partial charge >= 0.3 is 0 Å². The van der Waals surface area contributed by atoms with E-state index in [0.717, 1.165) is 33.9 Å². The molecule has 0 atom stereocenters. The number of benzene rings is 3. The van der Waals surface area contributed by atoms with Crippen LogP contribution in [-0.4, -0.2) is 0 Å². The van der Waals surface area contributed by atoms with Crippen molar-refractivity contribution in [3.63, 3.8) is 0 Å². The monoisotopic (exact) mass is 356 g/mol. The Morgan fingerprint density at radius 3 is 1.37 bits per heavy atom. The fourth-order valence-corrected chi connectivity index (χ4v) is 2.54. The van der Waals surface area contributed by atoms with Gasteiger partial charge in [-0.3, -0.25) is 0 Å². The summed E-state index contributed by atoms with van der Waals surface area (Å²) in [6.07, 6.45) is 0. The quantitative estimate of drug-likeness (QED) is 0.424. The Kier molecular flexibility index (Phi) is 5.55. The maximum absolute atomic E-state index is 4.49. The van der Waals surface area contributed by atoms with Crippen molar-refractivity contribution in [2.45, 2.75) is 33.1 Å². The van der Waals surface area contributed by atoms with Crippen LogP contribution < -0.4 is 0 Å². The van der Waals surface area contributed by atoms with Crippen molar-refractivity contribution in [3.8, 4) is 0 Å². The lowest BCUT2D eigenvalue weighted by molar-refractivity contribution is 0.590. The summed E-state index contributed by atoms with van der Waals surface area (Å²) in [6.45, 7) is 8.53. The third kappa shape index (κ3) is 4.94. The molecule has 0 aliphatic rings.